The van der Waals surface area contributed by atoms with E-state index in [1.807, 2.05) is 0 Å². The van der Waals surface area contributed by atoms with E-state index >= 15 is 0 Å². The second-order valence-corrected chi connectivity index (χ2v) is 5.90. The van der Waals surface area contributed by atoms with E-state index in [0.29, 0.717) is 12.3 Å². The summed E-state index contributed by atoms with van der Waals surface area (Å²) in [6, 6.07) is 0. The Hall–Kier alpha value is -0.740. The summed E-state index contributed by atoms with van der Waals surface area (Å²) in [6.07, 6.45) is 6.17. The van der Waals surface area contributed by atoms with Gasteiger partial charge in [0.2, 0.25) is 0 Å². The summed E-state index contributed by atoms with van der Waals surface area (Å²) < 4.78 is 0. The lowest BCUT2D eigenvalue weighted by Crippen LogP contribution is -2.51. The van der Waals surface area contributed by atoms with Crippen LogP contribution in [-0.2, 0) is 11.2 Å². The Kier molecular flexibility index (Phi) is 3.40. The minimum Gasteiger partial charge on any atom is -0.319 e. The highest BCUT2D eigenvalue weighted by molar-refractivity contribution is 7.09. The van der Waals surface area contributed by atoms with Crippen LogP contribution in [0.15, 0.2) is 11.7 Å². The lowest BCUT2D eigenvalue weighted by atomic mass is 9.74. The molecule has 0 aliphatic heterocycles. The molecule has 1 saturated carbocycles. The van der Waals surface area contributed by atoms with Gasteiger partial charge in [0.05, 0.1) is 11.0 Å². The second-order valence-electron chi connectivity index (χ2n) is 4.93. The summed E-state index contributed by atoms with van der Waals surface area (Å²) in [6.45, 7) is 2.18. The zero-order valence-electron chi connectivity index (χ0n) is 9.61. The average molecular weight is 238 g/mol. The van der Waals surface area contributed by atoms with Crippen LogP contribution in [-0.4, -0.2) is 16.3 Å². The van der Waals surface area contributed by atoms with E-state index < -0.39 is 5.54 Å². The van der Waals surface area contributed by atoms with Crippen molar-refractivity contribution in [2.45, 2.75) is 44.6 Å². The van der Waals surface area contributed by atoms with Crippen LogP contribution in [0.3, 0.4) is 0 Å². The van der Waals surface area contributed by atoms with E-state index in [2.05, 4.69) is 11.9 Å². The molecule has 1 aromatic rings. The first kappa shape index (κ1) is 11.7. The molecular weight excluding hydrogens is 220 g/mol. The van der Waals surface area contributed by atoms with Gasteiger partial charge in [0.25, 0.3) is 0 Å². The molecule has 2 rings (SSSR count). The zero-order chi connectivity index (χ0) is 11.6. The Labute approximate surface area is 100 Å². The van der Waals surface area contributed by atoms with Gasteiger partial charge in [-0.2, -0.15) is 0 Å². The van der Waals surface area contributed by atoms with Crippen molar-refractivity contribution in [1.82, 2.24) is 4.98 Å². The van der Waals surface area contributed by atoms with E-state index in [9.17, 15) is 4.79 Å². The monoisotopic (exact) mass is 238 g/mol. The van der Waals surface area contributed by atoms with Gasteiger partial charge in [0.15, 0.2) is 5.78 Å². The first-order valence-corrected chi connectivity index (χ1v) is 6.68. The third kappa shape index (κ3) is 2.50. The number of carbonyl (C=O) groups excluding carboxylic acids is 1. The molecule has 0 saturated heterocycles. The number of thiazole rings is 1. The highest BCUT2D eigenvalue weighted by atomic mass is 32.1. The standard InChI is InChI=1S/C12H18N2OS/c1-9-3-2-4-12(13,6-9)11(15)5-10-7-14-8-16-10/h7-9H,2-6,13H2,1H3. The predicted octanol–water partition coefficient (Wildman–Crippen LogP) is 2.16. The van der Waals surface area contributed by atoms with Crippen molar-refractivity contribution in [3.63, 3.8) is 0 Å². The second kappa shape index (κ2) is 4.63. The van der Waals surface area contributed by atoms with Crippen molar-refractivity contribution in [3.05, 3.63) is 16.6 Å². The van der Waals surface area contributed by atoms with Crippen LogP contribution in [0.25, 0.3) is 0 Å². The lowest BCUT2D eigenvalue weighted by Gasteiger charge is -2.35. The normalized spacial score (nSPS) is 30.2. The van der Waals surface area contributed by atoms with Crippen molar-refractivity contribution >= 4 is 17.1 Å². The molecule has 1 aliphatic rings. The van der Waals surface area contributed by atoms with Crippen LogP contribution in [0, 0.1) is 5.92 Å². The first-order valence-electron chi connectivity index (χ1n) is 5.80. The molecular formula is C12H18N2OS. The predicted molar refractivity (Wildman–Crippen MR) is 65.4 cm³/mol. The SMILES string of the molecule is CC1CCCC(N)(C(=O)Cc2cncs2)C1. The summed E-state index contributed by atoms with van der Waals surface area (Å²) >= 11 is 1.53. The molecule has 0 aromatic carbocycles. The summed E-state index contributed by atoms with van der Waals surface area (Å²) in [5.41, 5.74) is 7.42. The van der Waals surface area contributed by atoms with E-state index in [0.717, 1.165) is 24.1 Å². The zero-order valence-corrected chi connectivity index (χ0v) is 10.4. The van der Waals surface area contributed by atoms with Gasteiger partial charge in [-0.05, 0) is 18.8 Å². The summed E-state index contributed by atoms with van der Waals surface area (Å²) in [5, 5.41) is 0. The van der Waals surface area contributed by atoms with E-state index in [4.69, 9.17) is 5.73 Å². The van der Waals surface area contributed by atoms with Crippen molar-refractivity contribution in [3.8, 4) is 0 Å². The van der Waals surface area contributed by atoms with E-state index in [1.165, 1.54) is 17.8 Å². The minimum absolute atomic E-state index is 0.184. The fraction of sp³-hybridized carbons (Fsp3) is 0.667. The van der Waals surface area contributed by atoms with Crippen LogP contribution in [0.4, 0.5) is 0 Å². The number of aromatic nitrogens is 1. The smallest absolute Gasteiger partial charge is 0.157 e. The van der Waals surface area contributed by atoms with E-state index in [-0.39, 0.29) is 5.78 Å². The maximum Gasteiger partial charge on any atom is 0.157 e. The molecule has 0 bridgehead atoms. The van der Waals surface area contributed by atoms with Crippen LogP contribution < -0.4 is 5.73 Å². The van der Waals surface area contributed by atoms with Crippen LogP contribution in [0.2, 0.25) is 0 Å². The Balaban J connectivity index is 2.02. The molecule has 1 aliphatic carbocycles. The van der Waals surface area contributed by atoms with Gasteiger partial charge in [0.1, 0.15) is 0 Å². The van der Waals surface area contributed by atoms with E-state index in [1.54, 1.807) is 11.7 Å². The Morgan fingerprint density at radius 1 is 1.75 bits per heavy atom. The largest absolute Gasteiger partial charge is 0.319 e. The molecule has 88 valence electrons. The molecule has 2 unspecified atom stereocenters. The molecule has 1 aromatic heterocycles. The minimum atomic E-state index is -0.582. The van der Waals surface area contributed by atoms with Crippen molar-refractivity contribution < 1.29 is 4.79 Å². The van der Waals surface area contributed by atoms with Crippen LogP contribution in [0.5, 0.6) is 0 Å². The van der Waals surface area contributed by atoms with Crippen molar-refractivity contribution in [2.24, 2.45) is 11.7 Å². The third-order valence-corrected chi connectivity index (χ3v) is 4.19. The number of nitrogens with zero attached hydrogens (tertiary/aromatic N) is 1. The fourth-order valence-electron chi connectivity index (χ4n) is 2.51. The number of Topliss-reactive ketones (excluding diaryl/α,β-unsaturated/α-hetero) is 1. The Morgan fingerprint density at radius 3 is 3.19 bits per heavy atom. The Bertz CT molecular complexity index is 363. The maximum absolute atomic E-state index is 12.2. The number of rotatable bonds is 3. The molecule has 3 nitrogen and oxygen atoms in total. The van der Waals surface area contributed by atoms with Crippen molar-refractivity contribution in [1.29, 1.82) is 0 Å². The molecule has 1 heterocycles. The van der Waals surface area contributed by atoms with Crippen LogP contribution in [0.1, 0.15) is 37.5 Å². The highest BCUT2D eigenvalue weighted by Crippen LogP contribution is 2.32. The quantitative estimate of drug-likeness (QED) is 0.878. The maximum atomic E-state index is 12.2. The molecule has 0 amide bonds. The fourth-order valence-corrected chi connectivity index (χ4v) is 3.10. The van der Waals surface area contributed by atoms with Gasteiger partial charge in [-0.3, -0.25) is 9.78 Å². The van der Waals surface area contributed by atoms with Gasteiger partial charge in [-0.15, -0.1) is 11.3 Å². The van der Waals surface area contributed by atoms with Gasteiger partial charge >= 0.3 is 0 Å². The molecule has 0 spiro atoms. The number of ketones is 1. The average Bonchev–Trinajstić information content (AvgIpc) is 2.70. The molecule has 2 atom stereocenters. The highest BCUT2D eigenvalue weighted by Gasteiger charge is 2.37. The number of nitrogens with two attached hydrogens (primary N) is 1. The molecule has 4 heteroatoms. The molecule has 16 heavy (non-hydrogen) atoms. The first-order chi connectivity index (χ1) is 7.60. The van der Waals surface area contributed by atoms with Gasteiger partial charge < -0.3 is 5.73 Å². The summed E-state index contributed by atoms with van der Waals surface area (Å²) in [4.78, 5) is 17.2. The number of hydrogen-bond donors (Lipinski definition) is 1. The summed E-state index contributed by atoms with van der Waals surface area (Å²) in [7, 11) is 0. The molecule has 0 radical (unpaired) electrons. The molecule has 1 fully saturated rings. The summed E-state index contributed by atoms with van der Waals surface area (Å²) in [5.74, 6) is 0.757. The Morgan fingerprint density at radius 2 is 2.56 bits per heavy atom. The topological polar surface area (TPSA) is 56.0 Å². The van der Waals surface area contributed by atoms with Gasteiger partial charge in [-0.25, -0.2) is 0 Å². The molecule has 2 N–H and O–H groups in total. The number of carbonyl (C=O) groups is 1. The number of hydrogen-bond acceptors (Lipinski definition) is 4. The van der Waals surface area contributed by atoms with Gasteiger partial charge in [0, 0.05) is 17.5 Å². The lowest BCUT2D eigenvalue weighted by molar-refractivity contribution is -0.125. The van der Waals surface area contributed by atoms with Crippen molar-refractivity contribution in [2.75, 3.05) is 0 Å². The third-order valence-electron chi connectivity index (χ3n) is 3.41. The van der Waals surface area contributed by atoms with Crippen LogP contribution >= 0.6 is 11.3 Å². The van der Waals surface area contributed by atoms with Gasteiger partial charge in [-0.1, -0.05) is 19.8 Å².